The minimum Gasteiger partial charge on any atom is -0.352 e. The molecule has 2 aliphatic rings. The first kappa shape index (κ1) is 12.9. The maximum absolute atomic E-state index is 11.7. The van der Waals surface area contributed by atoms with Crippen LogP contribution in [-0.2, 0) is 4.79 Å². The molecule has 0 saturated heterocycles. The van der Waals surface area contributed by atoms with E-state index in [0.29, 0.717) is 12.6 Å². The Bertz CT molecular complexity index is 267. The Morgan fingerprint density at radius 2 is 2.18 bits per heavy atom. The molecule has 1 amide bonds. The van der Waals surface area contributed by atoms with Crippen LogP contribution < -0.4 is 10.6 Å². The molecule has 0 aliphatic heterocycles. The van der Waals surface area contributed by atoms with Gasteiger partial charge in [0.15, 0.2) is 0 Å². The lowest BCUT2D eigenvalue weighted by molar-refractivity contribution is -0.121. The van der Waals surface area contributed by atoms with Gasteiger partial charge < -0.3 is 10.6 Å². The summed E-state index contributed by atoms with van der Waals surface area (Å²) in [6, 6.07) is 0.362. The van der Waals surface area contributed by atoms with Gasteiger partial charge in [-0.2, -0.15) is 0 Å². The van der Waals surface area contributed by atoms with Crippen LogP contribution in [-0.4, -0.2) is 25.0 Å². The van der Waals surface area contributed by atoms with E-state index in [1.165, 1.54) is 25.7 Å². The Hall–Kier alpha value is -0.570. The van der Waals surface area contributed by atoms with Crippen LogP contribution in [0, 0.1) is 17.8 Å². The summed E-state index contributed by atoms with van der Waals surface area (Å²) in [4.78, 5) is 11.7. The number of nitrogens with one attached hydrogen (secondary N) is 2. The maximum atomic E-state index is 11.7. The summed E-state index contributed by atoms with van der Waals surface area (Å²) in [5.74, 6) is 2.75. The standard InChI is InChI=1S/C14H26N2O/c1-3-6-15-9-14(17)16-10(2)13-8-11-4-5-12(13)7-11/h10-13,15H,3-9H2,1-2H3,(H,16,17). The molecule has 0 spiro atoms. The van der Waals surface area contributed by atoms with E-state index in [2.05, 4.69) is 24.5 Å². The van der Waals surface area contributed by atoms with Crippen molar-refractivity contribution in [3.05, 3.63) is 0 Å². The van der Waals surface area contributed by atoms with Crippen molar-refractivity contribution in [1.82, 2.24) is 10.6 Å². The number of carbonyl (C=O) groups excluding carboxylic acids is 1. The lowest BCUT2D eigenvalue weighted by atomic mass is 9.84. The average Bonchev–Trinajstić information content (AvgIpc) is 2.91. The van der Waals surface area contributed by atoms with E-state index in [1.54, 1.807) is 0 Å². The summed E-state index contributed by atoms with van der Waals surface area (Å²) in [7, 11) is 0. The van der Waals surface area contributed by atoms with Gasteiger partial charge in [0.25, 0.3) is 0 Å². The first-order valence-corrected chi connectivity index (χ1v) is 7.20. The summed E-state index contributed by atoms with van der Waals surface area (Å²) >= 11 is 0. The SMILES string of the molecule is CCCNCC(=O)NC(C)C1CC2CCC1C2. The number of carbonyl (C=O) groups is 1. The Morgan fingerprint density at radius 3 is 2.76 bits per heavy atom. The third-order valence-electron chi connectivity index (χ3n) is 4.54. The van der Waals surface area contributed by atoms with Gasteiger partial charge in [0.05, 0.1) is 6.54 Å². The van der Waals surface area contributed by atoms with Gasteiger partial charge in [0, 0.05) is 6.04 Å². The lowest BCUT2D eigenvalue weighted by Gasteiger charge is -2.28. The topological polar surface area (TPSA) is 41.1 Å². The molecule has 2 aliphatic carbocycles. The van der Waals surface area contributed by atoms with Crippen LogP contribution in [0.1, 0.15) is 46.0 Å². The largest absolute Gasteiger partial charge is 0.352 e. The molecule has 0 aromatic rings. The zero-order valence-electron chi connectivity index (χ0n) is 11.2. The minimum absolute atomic E-state index is 0.161. The number of rotatable bonds is 6. The monoisotopic (exact) mass is 238 g/mol. The molecule has 2 fully saturated rings. The van der Waals surface area contributed by atoms with Gasteiger partial charge in [-0.25, -0.2) is 0 Å². The molecule has 0 radical (unpaired) electrons. The summed E-state index contributed by atoms with van der Waals surface area (Å²) in [6.45, 7) is 5.70. The van der Waals surface area contributed by atoms with Crippen molar-refractivity contribution in [2.45, 2.75) is 52.0 Å². The molecule has 2 rings (SSSR count). The highest BCUT2D eigenvalue weighted by Crippen LogP contribution is 2.49. The van der Waals surface area contributed by atoms with Gasteiger partial charge in [-0.1, -0.05) is 13.3 Å². The van der Waals surface area contributed by atoms with Crippen molar-refractivity contribution >= 4 is 5.91 Å². The number of fused-ring (bicyclic) bond motifs is 2. The van der Waals surface area contributed by atoms with Crippen molar-refractivity contribution in [3.8, 4) is 0 Å². The van der Waals surface area contributed by atoms with E-state index >= 15 is 0 Å². The van der Waals surface area contributed by atoms with Gasteiger partial charge >= 0.3 is 0 Å². The fourth-order valence-electron chi connectivity index (χ4n) is 3.70. The molecule has 0 heterocycles. The van der Waals surface area contributed by atoms with Crippen molar-refractivity contribution in [2.75, 3.05) is 13.1 Å². The van der Waals surface area contributed by atoms with E-state index in [4.69, 9.17) is 0 Å². The van der Waals surface area contributed by atoms with Crippen LogP contribution >= 0.6 is 0 Å². The van der Waals surface area contributed by atoms with Gasteiger partial charge in [-0.3, -0.25) is 4.79 Å². The first-order valence-electron chi connectivity index (χ1n) is 7.20. The van der Waals surface area contributed by atoms with Crippen LogP contribution in [0.15, 0.2) is 0 Å². The second-order valence-corrected chi connectivity index (χ2v) is 5.87. The lowest BCUT2D eigenvalue weighted by Crippen LogP contribution is -2.43. The van der Waals surface area contributed by atoms with Crippen molar-refractivity contribution in [1.29, 1.82) is 0 Å². The second-order valence-electron chi connectivity index (χ2n) is 5.87. The molecule has 2 saturated carbocycles. The number of hydrogen-bond acceptors (Lipinski definition) is 2. The van der Waals surface area contributed by atoms with Crippen LogP contribution in [0.4, 0.5) is 0 Å². The van der Waals surface area contributed by atoms with E-state index in [9.17, 15) is 4.79 Å². The normalized spacial score (nSPS) is 32.7. The van der Waals surface area contributed by atoms with Gasteiger partial charge in [-0.15, -0.1) is 0 Å². The van der Waals surface area contributed by atoms with Crippen LogP contribution in [0.25, 0.3) is 0 Å². The Balaban J connectivity index is 1.70. The minimum atomic E-state index is 0.161. The highest BCUT2D eigenvalue weighted by molar-refractivity contribution is 5.78. The molecule has 3 heteroatoms. The van der Waals surface area contributed by atoms with Gasteiger partial charge in [-0.05, 0) is 56.9 Å². The molecule has 98 valence electrons. The van der Waals surface area contributed by atoms with Crippen LogP contribution in [0.5, 0.6) is 0 Å². The molecule has 2 N–H and O–H groups in total. The fraction of sp³-hybridized carbons (Fsp3) is 0.929. The van der Waals surface area contributed by atoms with E-state index < -0.39 is 0 Å². The number of amides is 1. The predicted octanol–water partition coefficient (Wildman–Crippen LogP) is 1.93. The fourth-order valence-corrected chi connectivity index (χ4v) is 3.70. The summed E-state index contributed by atoms with van der Waals surface area (Å²) in [5, 5.41) is 6.32. The van der Waals surface area contributed by atoms with E-state index in [-0.39, 0.29) is 5.91 Å². The highest BCUT2D eigenvalue weighted by Gasteiger charge is 2.41. The predicted molar refractivity (Wildman–Crippen MR) is 69.7 cm³/mol. The van der Waals surface area contributed by atoms with E-state index in [0.717, 1.165) is 30.7 Å². The van der Waals surface area contributed by atoms with Crippen molar-refractivity contribution < 1.29 is 4.79 Å². The summed E-state index contributed by atoms with van der Waals surface area (Å²) < 4.78 is 0. The average molecular weight is 238 g/mol. The highest BCUT2D eigenvalue weighted by atomic mass is 16.1. The third-order valence-corrected chi connectivity index (χ3v) is 4.54. The number of hydrogen-bond donors (Lipinski definition) is 2. The summed E-state index contributed by atoms with van der Waals surface area (Å²) in [5.41, 5.74) is 0. The third kappa shape index (κ3) is 3.21. The second kappa shape index (κ2) is 5.85. The smallest absolute Gasteiger partial charge is 0.234 e. The zero-order valence-corrected chi connectivity index (χ0v) is 11.2. The van der Waals surface area contributed by atoms with E-state index in [1.807, 2.05) is 0 Å². The Kier molecular flexibility index (Phi) is 4.43. The van der Waals surface area contributed by atoms with Gasteiger partial charge in [0.1, 0.15) is 0 Å². The zero-order chi connectivity index (χ0) is 12.3. The van der Waals surface area contributed by atoms with Crippen LogP contribution in [0.2, 0.25) is 0 Å². The molecule has 17 heavy (non-hydrogen) atoms. The summed E-state index contributed by atoms with van der Waals surface area (Å²) in [6.07, 6.45) is 6.66. The molecule has 3 nitrogen and oxygen atoms in total. The van der Waals surface area contributed by atoms with Gasteiger partial charge in [0.2, 0.25) is 5.91 Å². The molecular weight excluding hydrogens is 212 g/mol. The Morgan fingerprint density at radius 1 is 1.35 bits per heavy atom. The van der Waals surface area contributed by atoms with Crippen LogP contribution in [0.3, 0.4) is 0 Å². The molecule has 4 unspecified atom stereocenters. The molecule has 0 aromatic carbocycles. The van der Waals surface area contributed by atoms with Crippen molar-refractivity contribution in [2.24, 2.45) is 17.8 Å². The molecule has 0 aromatic heterocycles. The first-order chi connectivity index (χ1) is 8.20. The molecule has 4 atom stereocenters. The van der Waals surface area contributed by atoms with Crippen molar-refractivity contribution in [3.63, 3.8) is 0 Å². The molecular formula is C14H26N2O. The Labute approximate surface area is 105 Å². The maximum Gasteiger partial charge on any atom is 0.234 e. The molecule has 2 bridgehead atoms. The quantitative estimate of drug-likeness (QED) is 0.694.